The smallest absolute Gasteiger partial charge is 0.254 e. The van der Waals surface area contributed by atoms with E-state index in [0.29, 0.717) is 5.02 Å². The van der Waals surface area contributed by atoms with Gasteiger partial charge in [0.1, 0.15) is 5.82 Å². The Bertz CT molecular complexity index is 934. The van der Waals surface area contributed by atoms with E-state index in [1.165, 1.54) is 23.4 Å². The lowest BCUT2D eigenvalue weighted by Gasteiger charge is -2.23. The number of benzene rings is 2. The molecule has 0 spiro atoms. The Kier molecular flexibility index (Phi) is 3.77. The van der Waals surface area contributed by atoms with Crippen LogP contribution in [-0.2, 0) is 12.8 Å². The van der Waals surface area contributed by atoms with Crippen molar-refractivity contribution in [3.8, 4) is 0 Å². The highest BCUT2D eigenvalue weighted by Gasteiger charge is 2.24. The zero-order valence-corrected chi connectivity index (χ0v) is 13.7. The zero-order valence-electron chi connectivity index (χ0n) is 12.9. The van der Waals surface area contributed by atoms with E-state index in [2.05, 4.69) is 10.3 Å². The minimum atomic E-state index is -0.495. The first-order valence-corrected chi connectivity index (χ1v) is 8.34. The van der Waals surface area contributed by atoms with Crippen LogP contribution < -0.4 is 5.32 Å². The fourth-order valence-corrected chi connectivity index (χ4v) is 3.59. The molecule has 2 aromatic carbocycles. The highest BCUT2D eigenvalue weighted by Crippen LogP contribution is 2.31. The molecule has 24 heavy (non-hydrogen) atoms. The third-order valence-corrected chi connectivity index (χ3v) is 4.84. The van der Waals surface area contributed by atoms with Gasteiger partial charge in [-0.2, -0.15) is 0 Å². The monoisotopic (exact) mass is 342 g/mol. The Labute approximate surface area is 143 Å². The lowest BCUT2D eigenvalue weighted by Crippen LogP contribution is -2.39. The molecule has 0 radical (unpaired) electrons. The minimum absolute atomic E-state index is 0.0115. The molecule has 0 bridgehead atoms. The quantitative estimate of drug-likeness (QED) is 0.718. The first-order chi connectivity index (χ1) is 11.6. The van der Waals surface area contributed by atoms with E-state index < -0.39 is 5.82 Å². The third kappa shape index (κ3) is 2.67. The van der Waals surface area contributed by atoms with Crippen LogP contribution in [0.5, 0.6) is 0 Å². The number of aromatic nitrogens is 1. The molecule has 0 fully saturated rings. The summed E-state index contributed by atoms with van der Waals surface area (Å²) in [4.78, 5) is 15.7. The average Bonchev–Trinajstić information content (AvgIpc) is 2.92. The predicted molar refractivity (Wildman–Crippen MR) is 93.0 cm³/mol. The standard InChI is InChI=1S/C19H16ClFN2O/c20-11-5-7-17-14(9-11)15-10-12(6-8-18(15)23-17)22-19(24)13-3-1-2-4-16(13)21/h1-5,7,9,12,23H,6,8,10H2,(H,22,24). The molecule has 0 saturated heterocycles. The van der Waals surface area contributed by atoms with E-state index in [-0.39, 0.29) is 17.5 Å². The maximum Gasteiger partial charge on any atom is 0.254 e. The normalized spacial score (nSPS) is 16.8. The van der Waals surface area contributed by atoms with Crippen LogP contribution in [0.15, 0.2) is 42.5 Å². The van der Waals surface area contributed by atoms with Crippen LogP contribution in [0.3, 0.4) is 0 Å². The van der Waals surface area contributed by atoms with Crippen LogP contribution in [0.2, 0.25) is 5.02 Å². The molecule has 1 amide bonds. The number of amides is 1. The molecule has 1 aliphatic rings. The van der Waals surface area contributed by atoms with Gasteiger partial charge in [-0.15, -0.1) is 0 Å². The van der Waals surface area contributed by atoms with E-state index in [0.717, 1.165) is 30.2 Å². The molecule has 0 aliphatic heterocycles. The van der Waals surface area contributed by atoms with Gasteiger partial charge in [0.15, 0.2) is 0 Å². The maximum absolute atomic E-state index is 13.8. The zero-order chi connectivity index (χ0) is 16.7. The van der Waals surface area contributed by atoms with Crippen molar-refractivity contribution >= 4 is 28.4 Å². The van der Waals surface area contributed by atoms with Gasteiger partial charge in [0, 0.05) is 27.7 Å². The van der Waals surface area contributed by atoms with Crippen molar-refractivity contribution in [2.45, 2.75) is 25.3 Å². The van der Waals surface area contributed by atoms with E-state index in [1.54, 1.807) is 12.1 Å². The van der Waals surface area contributed by atoms with Gasteiger partial charge in [0.2, 0.25) is 0 Å². The second-order valence-electron chi connectivity index (χ2n) is 6.17. The number of nitrogens with one attached hydrogen (secondary N) is 2. The molecular weight excluding hydrogens is 327 g/mol. The fourth-order valence-electron chi connectivity index (χ4n) is 3.42. The average molecular weight is 343 g/mol. The van der Waals surface area contributed by atoms with Crippen molar-refractivity contribution in [3.05, 3.63) is 70.1 Å². The first-order valence-electron chi connectivity index (χ1n) is 7.96. The Morgan fingerprint density at radius 1 is 1.25 bits per heavy atom. The summed E-state index contributed by atoms with van der Waals surface area (Å²) in [7, 11) is 0. The highest BCUT2D eigenvalue weighted by molar-refractivity contribution is 6.31. The molecule has 2 N–H and O–H groups in total. The summed E-state index contributed by atoms with van der Waals surface area (Å²) in [6, 6.07) is 11.8. The van der Waals surface area contributed by atoms with Crippen LogP contribution in [-0.4, -0.2) is 16.9 Å². The van der Waals surface area contributed by atoms with E-state index in [9.17, 15) is 9.18 Å². The van der Waals surface area contributed by atoms with Gasteiger partial charge < -0.3 is 10.3 Å². The van der Waals surface area contributed by atoms with Crippen LogP contribution in [0.1, 0.15) is 28.0 Å². The predicted octanol–water partition coefficient (Wildman–Crippen LogP) is 4.25. The Hall–Kier alpha value is -2.33. The molecule has 3 nitrogen and oxygen atoms in total. The van der Waals surface area contributed by atoms with Crippen LogP contribution in [0, 0.1) is 5.82 Å². The van der Waals surface area contributed by atoms with E-state index in [4.69, 9.17) is 11.6 Å². The van der Waals surface area contributed by atoms with E-state index >= 15 is 0 Å². The fraction of sp³-hybridized carbons (Fsp3) is 0.211. The molecule has 1 atom stereocenters. The summed E-state index contributed by atoms with van der Waals surface area (Å²) in [5.41, 5.74) is 3.54. The SMILES string of the molecule is O=C(NC1CCc2[nH]c3ccc(Cl)cc3c2C1)c1ccccc1F. The van der Waals surface area contributed by atoms with Crippen LogP contribution >= 0.6 is 11.6 Å². The Morgan fingerprint density at radius 2 is 2.08 bits per heavy atom. The van der Waals surface area contributed by atoms with Gasteiger partial charge in [-0.05, 0) is 55.2 Å². The largest absolute Gasteiger partial charge is 0.358 e. The van der Waals surface area contributed by atoms with Crippen molar-refractivity contribution in [1.29, 1.82) is 0 Å². The van der Waals surface area contributed by atoms with Gasteiger partial charge in [0.25, 0.3) is 5.91 Å². The summed E-state index contributed by atoms with van der Waals surface area (Å²) >= 11 is 6.11. The summed E-state index contributed by atoms with van der Waals surface area (Å²) < 4.78 is 13.8. The van der Waals surface area contributed by atoms with Crippen LogP contribution in [0.4, 0.5) is 4.39 Å². The number of carbonyl (C=O) groups is 1. The number of fused-ring (bicyclic) bond motifs is 3. The number of carbonyl (C=O) groups excluding carboxylic acids is 1. The van der Waals surface area contributed by atoms with Crippen molar-refractivity contribution in [2.24, 2.45) is 0 Å². The van der Waals surface area contributed by atoms with Crippen molar-refractivity contribution in [1.82, 2.24) is 10.3 Å². The molecule has 1 heterocycles. The molecular formula is C19H16ClFN2O. The Morgan fingerprint density at radius 3 is 2.92 bits per heavy atom. The number of hydrogen-bond donors (Lipinski definition) is 2. The number of hydrogen-bond acceptors (Lipinski definition) is 1. The number of H-pyrrole nitrogens is 1. The molecule has 1 unspecified atom stereocenters. The lowest BCUT2D eigenvalue weighted by atomic mass is 9.91. The molecule has 0 saturated carbocycles. The van der Waals surface area contributed by atoms with Gasteiger partial charge in [0.05, 0.1) is 5.56 Å². The van der Waals surface area contributed by atoms with Crippen LogP contribution in [0.25, 0.3) is 10.9 Å². The summed E-state index contributed by atoms with van der Waals surface area (Å²) in [5, 5.41) is 4.76. The second-order valence-corrected chi connectivity index (χ2v) is 6.60. The lowest BCUT2D eigenvalue weighted by molar-refractivity contribution is 0.0929. The molecule has 4 rings (SSSR count). The summed E-state index contributed by atoms with van der Waals surface area (Å²) in [5.74, 6) is -0.857. The minimum Gasteiger partial charge on any atom is -0.358 e. The number of rotatable bonds is 2. The number of halogens is 2. The van der Waals surface area contributed by atoms with Gasteiger partial charge in [-0.3, -0.25) is 4.79 Å². The van der Waals surface area contributed by atoms with E-state index in [1.807, 2.05) is 18.2 Å². The van der Waals surface area contributed by atoms with Crippen molar-refractivity contribution in [3.63, 3.8) is 0 Å². The summed E-state index contributed by atoms with van der Waals surface area (Å²) in [6.07, 6.45) is 2.40. The van der Waals surface area contributed by atoms with Gasteiger partial charge in [-0.1, -0.05) is 23.7 Å². The van der Waals surface area contributed by atoms with Gasteiger partial charge >= 0.3 is 0 Å². The van der Waals surface area contributed by atoms with Crippen molar-refractivity contribution < 1.29 is 9.18 Å². The number of aromatic amines is 1. The molecule has 3 aromatic rings. The topological polar surface area (TPSA) is 44.9 Å². The molecule has 1 aromatic heterocycles. The van der Waals surface area contributed by atoms with Gasteiger partial charge in [-0.25, -0.2) is 4.39 Å². The second kappa shape index (κ2) is 5.95. The molecule has 122 valence electrons. The molecule has 1 aliphatic carbocycles. The van der Waals surface area contributed by atoms with Crippen molar-refractivity contribution in [2.75, 3.05) is 0 Å². The summed E-state index contributed by atoms with van der Waals surface area (Å²) in [6.45, 7) is 0. The molecule has 5 heteroatoms. The highest BCUT2D eigenvalue weighted by atomic mass is 35.5. The number of aryl methyl sites for hydroxylation is 1. The first kappa shape index (κ1) is 15.2. The maximum atomic E-state index is 13.8. The Balaban J connectivity index is 1.58. The third-order valence-electron chi connectivity index (χ3n) is 4.60.